The molecule has 2 amide bonds. The van der Waals surface area contributed by atoms with Gasteiger partial charge in [0.25, 0.3) is 0 Å². The largest absolute Gasteiger partial charge is 0.497 e. The summed E-state index contributed by atoms with van der Waals surface area (Å²) in [4.78, 5) is 23.5. The van der Waals surface area contributed by atoms with Gasteiger partial charge in [-0.05, 0) is 41.8 Å². The van der Waals surface area contributed by atoms with Crippen LogP contribution in [-0.2, 0) is 9.59 Å². The summed E-state index contributed by atoms with van der Waals surface area (Å²) in [5, 5.41) is 7.80. The Morgan fingerprint density at radius 1 is 0.828 bits per heavy atom. The molecule has 0 aliphatic heterocycles. The molecule has 0 fully saturated rings. The molecule has 0 saturated carbocycles. The SMILES string of the molecule is COc1cccc(/C=N/NC(=O)CCCC(=O)N/N=C/c2cccc(OC)c2)c1. The number of benzene rings is 2. The number of rotatable bonds is 10. The molecule has 152 valence electrons. The van der Waals surface area contributed by atoms with Crippen LogP contribution in [0.25, 0.3) is 0 Å². The number of nitrogens with zero attached hydrogens (tertiary/aromatic N) is 2. The van der Waals surface area contributed by atoms with Gasteiger partial charge in [-0.3, -0.25) is 9.59 Å². The van der Waals surface area contributed by atoms with Crippen LogP contribution in [-0.4, -0.2) is 38.5 Å². The Labute approximate surface area is 169 Å². The minimum absolute atomic E-state index is 0.183. The van der Waals surface area contributed by atoms with Gasteiger partial charge in [-0.2, -0.15) is 10.2 Å². The highest BCUT2D eigenvalue weighted by Crippen LogP contribution is 2.11. The number of hydrogen-bond acceptors (Lipinski definition) is 6. The second-order valence-corrected chi connectivity index (χ2v) is 5.99. The number of hydrogen-bond donors (Lipinski definition) is 2. The summed E-state index contributed by atoms with van der Waals surface area (Å²) < 4.78 is 10.2. The lowest BCUT2D eigenvalue weighted by Gasteiger charge is -2.02. The number of methoxy groups -OCH3 is 2. The molecule has 0 bridgehead atoms. The van der Waals surface area contributed by atoms with Crippen LogP contribution in [0.4, 0.5) is 0 Å². The number of hydrazone groups is 2. The van der Waals surface area contributed by atoms with Crippen LogP contribution in [0, 0.1) is 0 Å². The van der Waals surface area contributed by atoms with Gasteiger partial charge in [-0.15, -0.1) is 0 Å². The topological polar surface area (TPSA) is 101 Å². The van der Waals surface area contributed by atoms with Crippen LogP contribution in [0.2, 0.25) is 0 Å². The van der Waals surface area contributed by atoms with Crippen LogP contribution in [0.1, 0.15) is 30.4 Å². The van der Waals surface area contributed by atoms with Gasteiger partial charge in [0.15, 0.2) is 0 Å². The zero-order chi connectivity index (χ0) is 20.9. The highest BCUT2D eigenvalue weighted by Gasteiger charge is 2.04. The van der Waals surface area contributed by atoms with Gasteiger partial charge in [-0.1, -0.05) is 24.3 Å². The van der Waals surface area contributed by atoms with Gasteiger partial charge >= 0.3 is 0 Å². The first kappa shape index (κ1) is 21.6. The fourth-order valence-electron chi connectivity index (χ4n) is 2.32. The quantitative estimate of drug-likeness (QED) is 0.476. The fourth-order valence-corrected chi connectivity index (χ4v) is 2.32. The Morgan fingerprint density at radius 3 is 1.69 bits per heavy atom. The average Bonchev–Trinajstić information content (AvgIpc) is 2.74. The number of nitrogens with one attached hydrogen (secondary N) is 2. The number of amides is 2. The van der Waals surface area contributed by atoms with E-state index in [1.54, 1.807) is 26.4 Å². The zero-order valence-corrected chi connectivity index (χ0v) is 16.4. The maximum atomic E-state index is 11.8. The first-order chi connectivity index (χ1) is 14.1. The Morgan fingerprint density at radius 2 is 1.28 bits per heavy atom. The van der Waals surface area contributed by atoms with Crippen LogP contribution >= 0.6 is 0 Å². The van der Waals surface area contributed by atoms with E-state index in [-0.39, 0.29) is 24.7 Å². The summed E-state index contributed by atoms with van der Waals surface area (Å²) >= 11 is 0. The number of ether oxygens (including phenoxy) is 2. The minimum atomic E-state index is -0.267. The van der Waals surface area contributed by atoms with E-state index < -0.39 is 0 Å². The van der Waals surface area contributed by atoms with E-state index in [0.717, 1.165) is 11.1 Å². The molecule has 0 aliphatic rings. The highest BCUT2D eigenvalue weighted by atomic mass is 16.5. The van der Waals surface area contributed by atoms with Crippen molar-refractivity contribution in [2.45, 2.75) is 19.3 Å². The van der Waals surface area contributed by atoms with Crippen LogP contribution in [0.3, 0.4) is 0 Å². The molecular formula is C21H24N4O4. The molecule has 8 heteroatoms. The summed E-state index contributed by atoms with van der Waals surface area (Å²) in [6.45, 7) is 0. The van der Waals surface area contributed by atoms with Gasteiger partial charge in [0.05, 0.1) is 26.6 Å². The van der Waals surface area contributed by atoms with Crippen molar-refractivity contribution < 1.29 is 19.1 Å². The Hall–Kier alpha value is -3.68. The normalized spacial score (nSPS) is 10.8. The first-order valence-electron chi connectivity index (χ1n) is 9.02. The van der Waals surface area contributed by atoms with E-state index in [4.69, 9.17) is 9.47 Å². The smallest absolute Gasteiger partial charge is 0.240 e. The Kier molecular flexibility index (Phi) is 8.88. The molecule has 0 heterocycles. The minimum Gasteiger partial charge on any atom is -0.497 e. The van der Waals surface area contributed by atoms with E-state index in [1.165, 1.54) is 12.4 Å². The van der Waals surface area contributed by atoms with Crippen molar-refractivity contribution in [1.82, 2.24) is 10.9 Å². The highest BCUT2D eigenvalue weighted by molar-refractivity contribution is 5.84. The molecule has 8 nitrogen and oxygen atoms in total. The average molecular weight is 396 g/mol. The van der Waals surface area contributed by atoms with Crippen molar-refractivity contribution in [2.75, 3.05) is 14.2 Å². The van der Waals surface area contributed by atoms with Gasteiger partial charge in [0.2, 0.25) is 11.8 Å². The van der Waals surface area contributed by atoms with E-state index >= 15 is 0 Å². The molecular weight excluding hydrogens is 372 g/mol. The molecule has 0 aliphatic carbocycles. The van der Waals surface area contributed by atoms with Gasteiger partial charge in [-0.25, -0.2) is 10.9 Å². The fraction of sp³-hybridized carbons (Fsp3) is 0.238. The molecule has 0 saturated heterocycles. The van der Waals surface area contributed by atoms with Crippen molar-refractivity contribution in [2.24, 2.45) is 10.2 Å². The van der Waals surface area contributed by atoms with Crippen molar-refractivity contribution in [3.8, 4) is 11.5 Å². The lowest BCUT2D eigenvalue weighted by Crippen LogP contribution is -2.20. The van der Waals surface area contributed by atoms with Crippen molar-refractivity contribution in [3.05, 3.63) is 59.7 Å². The first-order valence-corrected chi connectivity index (χ1v) is 9.02. The van der Waals surface area contributed by atoms with Gasteiger partial charge in [0.1, 0.15) is 11.5 Å². The van der Waals surface area contributed by atoms with E-state index in [2.05, 4.69) is 21.1 Å². The lowest BCUT2D eigenvalue weighted by atomic mass is 10.2. The molecule has 0 aromatic heterocycles. The molecule has 0 unspecified atom stereocenters. The molecule has 29 heavy (non-hydrogen) atoms. The van der Waals surface area contributed by atoms with Crippen molar-refractivity contribution >= 4 is 24.2 Å². The third-order valence-electron chi connectivity index (χ3n) is 3.80. The number of carbonyl (C=O) groups excluding carboxylic acids is 2. The van der Waals surface area contributed by atoms with Gasteiger partial charge in [0, 0.05) is 12.8 Å². The molecule has 2 aromatic carbocycles. The maximum Gasteiger partial charge on any atom is 0.240 e. The lowest BCUT2D eigenvalue weighted by molar-refractivity contribution is -0.122. The zero-order valence-electron chi connectivity index (χ0n) is 16.4. The summed E-state index contributed by atoms with van der Waals surface area (Å²) in [6, 6.07) is 14.6. The summed E-state index contributed by atoms with van der Waals surface area (Å²) in [7, 11) is 3.16. The molecule has 2 N–H and O–H groups in total. The van der Waals surface area contributed by atoms with Gasteiger partial charge < -0.3 is 9.47 Å². The van der Waals surface area contributed by atoms with Crippen LogP contribution < -0.4 is 20.3 Å². The predicted octanol–water partition coefficient (Wildman–Crippen LogP) is 2.47. The molecule has 0 spiro atoms. The molecule has 0 radical (unpaired) electrons. The summed E-state index contributed by atoms with van der Waals surface area (Å²) in [5.74, 6) is 0.884. The van der Waals surface area contributed by atoms with Crippen LogP contribution in [0.15, 0.2) is 58.7 Å². The molecule has 0 atom stereocenters. The Balaban J connectivity index is 1.65. The third kappa shape index (κ3) is 8.25. The number of carbonyl (C=O) groups is 2. The Bertz CT molecular complexity index is 809. The molecule has 2 rings (SSSR count). The standard InChI is InChI=1S/C21H24N4O4/c1-28-18-8-3-6-16(12-18)14-22-24-20(26)10-5-11-21(27)25-23-15-17-7-4-9-19(13-17)29-2/h3-4,6-9,12-15H,5,10-11H2,1-2H3,(H,24,26)(H,25,27)/b22-14+,23-15+. The molecule has 2 aromatic rings. The summed E-state index contributed by atoms with van der Waals surface area (Å²) in [6.07, 6.45) is 3.81. The van der Waals surface area contributed by atoms with E-state index in [9.17, 15) is 9.59 Å². The van der Waals surface area contributed by atoms with Crippen molar-refractivity contribution in [3.63, 3.8) is 0 Å². The monoisotopic (exact) mass is 396 g/mol. The van der Waals surface area contributed by atoms with Crippen LogP contribution in [0.5, 0.6) is 11.5 Å². The van der Waals surface area contributed by atoms with E-state index in [0.29, 0.717) is 17.9 Å². The van der Waals surface area contributed by atoms with Crippen molar-refractivity contribution in [1.29, 1.82) is 0 Å². The summed E-state index contributed by atoms with van der Waals surface area (Å²) in [5.41, 5.74) is 6.48. The second-order valence-electron chi connectivity index (χ2n) is 5.99. The maximum absolute atomic E-state index is 11.8. The van der Waals surface area contributed by atoms with E-state index in [1.807, 2.05) is 36.4 Å². The third-order valence-corrected chi connectivity index (χ3v) is 3.80. The predicted molar refractivity (Wildman–Crippen MR) is 111 cm³/mol. The second kappa shape index (κ2) is 11.9.